The van der Waals surface area contributed by atoms with Crippen molar-refractivity contribution in [1.29, 1.82) is 0 Å². The number of fused-ring (bicyclic) bond motifs is 1. The van der Waals surface area contributed by atoms with Crippen molar-refractivity contribution in [3.05, 3.63) is 65.0 Å². The first-order valence-electron chi connectivity index (χ1n) is 8.57. The molecule has 3 rings (SSSR count). The maximum absolute atomic E-state index is 12.1. The van der Waals surface area contributed by atoms with Crippen LogP contribution in [-0.4, -0.2) is 34.8 Å². The molecule has 0 fully saturated rings. The summed E-state index contributed by atoms with van der Waals surface area (Å²) >= 11 is 0. The standard InChI is InChI=1S/C20H19N3O4/c1-2-27-20(26)12-21-18(24)13-23-19(25)11-10-17(22-23)16-9-5-7-14-6-3-4-8-15(14)16/h3-11H,2,12-13H2,1H3,(H,21,24). The molecule has 1 heterocycles. The third-order valence-electron chi connectivity index (χ3n) is 3.96. The number of nitrogens with one attached hydrogen (secondary N) is 1. The molecule has 0 atom stereocenters. The van der Waals surface area contributed by atoms with Gasteiger partial charge in [-0.05, 0) is 23.8 Å². The van der Waals surface area contributed by atoms with E-state index < -0.39 is 17.4 Å². The van der Waals surface area contributed by atoms with E-state index in [1.54, 1.807) is 13.0 Å². The summed E-state index contributed by atoms with van der Waals surface area (Å²) in [7, 11) is 0. The number of hydrogen-bond acceptors (Lipinski definition) is 5. The highest BCUT2D eigenvalue weighted by Crippen LogP contribution is 2.26. The van der Waals surface area contributed by atoms with Crippen LogP contribution in [0.5, 0.6) is 0 Å². The average Bonchev–Trinajstić information content (AvgIpc) is 2.68. The molecule has 0 unspecified atom stereocenters. The predicted molar refractivity (Wildman–Crippen MR) is 101 cm³/mol. The zero-order chi connectivity index (χ0) is 19.2. The third kappa shape index (κ3) is 4.38. The van der Waals surface area contributed by atoms with Crippen LogP contribution in [0.2, 0.25) is 0 Å². The fourth-order valence-electron chi connectivity index (χ4n) is 2.73. The van der Waals surface area contributed by atoms with Gasteiger partial charge in [-0.1, -0.05) is 42.5 Å². The Balaban J connectivity index is 1.83. The van der Waals surface area contributed by atoms with Gasteiger partial charge in [-0.15, -0.1) is 0 Å². The van der Waals surface area contributed by atoms with E-state index in [9.17, 15) is 14.4 Å². The summed E-state index contributed by atoms with van der Waals surface area (Å²) in [6, 6.07) is 16.7. The number of benzene rings is 2. The van der Waals surface area contributed by atoms with Crippen LogP contribution in [0, 0.1) is 0 Å². The molecule has 27 heavy (non-hydrogen) atoms. The molecule has 0 spiro atoms. The van der Waals surface area contributed by atoms with Gasteiger partial charge in [0.15, 0.2) is 0 Å². The molecule has 0 aliphatic carbocycles. The number of nitrogens with zero attached hydrogens (tertiary/aromatic N) is 2. The van der Waals surface area contributed by atoms with Crippen molar-refractivity contribution in [3.63, 3.8) is 0 Å². The molecule has 0 bridgehead atoms. The maximum atomic E-state index is 12.1. The minimum Gasteiger partial charge on any atom is -0.465 e. The van der Waals surface area contributed by atoms with E-state index in [1.807, 2.05) is 42.5 Å². The van der Waals surface area contributed by atoms with Crippen LogP contribution in [0.15, 0.2) is 59.4 Å². The van der Waals surface area contributed by atoms with Gasteiger partial charge in [0, 0.05) is 11.6 Å². The normalized spacial score (nSPS) is 10.6. The van der Waals surface area contributed by atoms with Crippen LogP contribution in [0.3, 0.4) is 0 Å². The van der Waals surface area contributed by atoms with Crippen LogP contribution in [0.4, 0.5) is 0 Å². The lowest BCUT2D eigenvalue weighted by atomic mass is 10.0. The number of hydrogen-bond donors (Lipinski definition) is 1. The molecular weight excluding hydrogens is 346 g/mol. The van der Waals surface area contributed by atoms with Gasteiger partial charge in [0.1, 0.15) is 13.1 Å². The van der Waals surface area contributed by atoms with E-state index in [1.165, 1.54) is 6.07 Å². The molecule has 0 aliphatic rings. The summed E-state index contributed by atoms with van der Waals surface area (Å²) in [5, 5.41) is 8.80. The Kier molecular flexibility index (Phi) is 5.61. The Labute approximate surface area is 155 Å². The van der Waals surface area contributed by atoms with E-state index in [-0.39, 0.29) is 19.7 Å². The molecule has 3 aromatic rings. The first kappa shape index (κ1) is 18.3. The molecule has 0 saturated carbocycles. The molecule has 1 N–H and O–H groups in total. The van der Waals surface area contributed by atoms with Crippen LogP contribution in [-0.2, 0) is 20.9 Å². The van der Waals surface area contributed by atoms with Gasteiger partial charge in [-0.25, -0.2) is 4.68 Å². The van der Waals surface area contributed by atoms with Gasteiger partial charge in [-0.2, -0.15) is 5.10 Å². The lowest BCUT2D eigenvalue weighted by Gasteiger charge is -2.10. The molecule has 0 radical (unpaired) electrons. The number of esters is 1. The van der Waals surface area contributed by atoms with E-state index in [2.05, 4.69) is 10.4 Å². The van der Waals surface area contributed by atoms with Crippen LogP contribution in [0.1, 0.15) is 6.92 Å². The Morgan fingerprint density at radius 1 is 1.07 bits per heavy atom. The van der Waals surface area contributed by atoms with Crippen molar-refractivity contribution < 1.29 is 14.3 Å². The Morgan fingerprint density at radius 2 is 1.85 bits per heavy atom. The summed E-state index contributed by atoms with van der Waals surface area (Å²) in [6.45, 7) is 1.39. The number of amides is 1. The first-order chi connectivity index (χ1) is 13.1. The van der Waals surface area contributed by atoms with E-state index in [0.29, 0.717) is 5.69 Å². The summed E-state index contributed by atoms with van der Waals surface area (Å²) in [4.78, 5) is 35.4. The van der Waals surface area contributed by atoms with Crippen molar-refractivity contribution in [1.82, 2.24) is 15.1 Å². The van der Waals surface area contributed by atoms with Crippen LogP contribution < -0.4 is 10.9 Å². The fourth-order valence-corrected chi connectivity index (χ4v) is 2.73. The fraction of sp³-hybridized carbons (Fsp3) is 0.200. The van der Waals surface area contributed by atoms with E-state index in [4.69, 9.17) is 4.74 Å². The molecule has 0 saturated heterocycles. The van der Waals surface area contributed by atoms with Gasteiger partial charge >= 0.3 is 5.97 Å². The Morgan fingerprint density at radius 3 is 2.67 bits per heavy atom. The zero-order valence-corrected chi connectivity index (χ0v) is 14.8. The summed E-state index contributed by atoms with van der Waals surface area (Å²) in [5.41, 5.74) is 1.06. The molecule has 1 aromatic heterocycles. The molecule has 0 aliphatic heterocycles. The highest BCUT2D eigenvalue weighted by molar-refractivity contribution is 5.95. The van der Waals surface area contributed by atoms with Gasteiger partial charge in [0.2, 0.25) is 5.91 Å². The van der Waals surface area contributed by atoms with Crippen molar-refractivity contribution >= 4 is 22.6 Å². The van der Waals surface area contributed by atoms with Crippen molar-refractivity contribution in [2.24, 2.45) is 0 Å². The number of carbonyl (C=O) groups excluding carboxylic acids is 2. The largest absolute Gasteiger partial charge is 0.465 e. The second-order valence-corrected chi connectivity index (χ2v) is 5.82. The molecule has 1 amide bonds. The van der Waals surface area contributed by atoms with Crippen LogP contribution in [0.25, 0.3) is 22.0 Å². The quantitative estimate of drug-likeness (QED) is 0.672. The lowest BCUT2D eigenvalue weighted by Crippen LogP contribution is -2.36. The number of carbonyl (C=O) groups is 2. The minimum atomic E-state index is -0.532. The summed E-state index contributed by atoms with van der Waals surface area (Å²) in [6.07, 6.45) is 0. The summed E-state index contributed by atoms with van der Waals surface area (Å²) < 4.78 is 5.83. The van der Waals surface area contributed by atoms with Crippen molar-refractivity contribution in [3.8, 4) is 11.3 Å². The predicted octanol–water partition coefficient (Wildman–Crippen LogP) is 1.74. The Hall–Kier alpha value is -3.48. The topological polar surface area (TPSA) is 90.3 Å². The van der Waals surface area contributed by atoms with Crippen LogP contribution >= 0.6 is 0 Å². The van der Waals surface area contributed by atoms with Gasteiger partial charge in [0.25, 0.3) is 5.56 Å². The summed E-state index contributed by atoms with van der Waals surface area (Å²) in [5.74, 6) is -1.02. The second kappa shape index (κ2) is 8.27. The van der Waals surface area contributed by atoms with Crippen molar-refractivity contribution in [2.45, 2.75) is 13.5 Å². The molecular formula is C20H19N3O4. The SMILES string of the molecule is CCOC(=O)CNC(=O)Cn1nc(-c2cccc3ccccc23)ccc1=O. The lowest BCUT2D eigenvalue weighted by molar-refractivity contribution is -0.143. The monoisotopic (exact) mass is 365 g/mol. The highest BCUT2D eigenvalue weighted by atomic mass is 16.5. The minimum absolute atomic E-state index is 0.239. The van der Waals surface area contributed by atoms with E-state index in [0.717, 1.165) is 21.0 Å². The molecule has 7 nitrogen and oxygen atoms in total. The van der Waals surface area contributed by atoms with Gasteiger partial charge in [0.05, 0.1) is 12.3 Å². The van der Waals surface area contributed by atoms with Gasteiger partial charge < -0.3 is 10.1 Å². The molecule has 138 valence electrons. The molecule has 2 aromatic carbocycles. The highest BCUT2D eigenvalue weighted by Gasteiger charge is 2.11. The second-order valence-electron chi connectivity index (χ2n) is 5.82. The number of aromatic nitrogens is 2. The zero-order valence-electron chi connectivity index (χ0n) is 14.8. The molecule has 7 heteroatoms. The maximum Gasteiger partial charge on any atom is 0.325 e. The third-order valence-corrected chi connectivity index (χ3v) is 3.96. The van der Waals surface area contributed by atoms with Crippen molar-refractivity contribution in [2.75, 3.05) is 13.2 Å². The average molecular weight is 365 g/mol. The van der Waals surface area contributed by atoms with Gasteiger partial charge in [-0.3, -0.25) is 14.4 Å². The first-order valence-corrected chi connectivity index (χ1v) is 8.57. The Bertz CT molecular complexity index is 1040. The number of rotatable bonds is 6. The van der Waals surface area contributed by atoms with E-state index >= 15 is 0 Å². The number of ether oxygens (including phenoxy) is 1. The smallest absolute Gasteiger partial charge is 0.325 e.